The van der Waals surface area contributed by atoms with Gasteiger partial charge >= 0.3 is 5.97 Å². The minimum Gasteiger partial charge on any atom is -0.466 e. The normalized spacial score (nSPS) is 17.3. The van der Waals surface area contributed by atoms with E-state index in [9.17, 15) is 14.9 Å². The first-order valence-corrected chi connectivity index (χ1v) is 8.96. The number of nitrogens with zero attached hydrogens (tertiary/aromatic N) is 2. The number of halogens is 1. The molecule has 2 rings (SSSR count). The Morgan fingerprint density at radius 1 is 1.42 bits per heavy atom. The quantitative estimate of drug-likeness (QED) is 0.469. The van der Waals surface area contributed by atoms with Crippen molar-refractivity contribution in [1.82, 2.24) is 10.2 Å². The Balaban J connectivity index is 1.95. The molecule has 0 aromatic heterocycles. The lowest BCUT2D eigenvalue weighted by atomic mass is 9.98. The lowest BCUT2D eigenvalue weighted by molar-refractivity contribution is -0.149. The van der Waals surface area contributed by atoms with Crippen LogP contribution in [0.15, 0.2) is 36.0 Å². The van der Waals surface area contributed by atoms with Gasteiger partial charge in [0.2, 0.25) is 0 Å². The Morgan fingerprint density at radius 2 is 2.15 bits per heavy atom. The number of nitriles is 1. The number of hydrogen-bond acceptors (Lipinski definition) is 5. The van der Waals surface area contributed by atoms with Crippen molar-refractivity contribution in [3.8, 4) is 6.07 Å². The molecule has 1 heterocycles. The molecular weight excluding hydrogens is 354 g/mol. The summed E-state index contributed by atoms with van der Waals surface area (Å²) < 4.78 is 5.06. The molecule has 138 valence electrons. The highest BCUT2D eigenvalue weighted by atomic mass is 35.5. The summed E-state index contributed by atoms with van der Waals surface area (Å²) in [6, 6.07) is 9.05. The molecule has 1 aromatic carbocycles. The summed E-state index contributed by atoms with van der Waals surface area (Å²) in [6.07, 6.45) is 3.10. The first-order valence-electron chi connectivity index (χ1n) is 8.58. The zero-order valence-electron chi connectivity index (χ0n) is 14.7. The van der Waals surface area contributed by atoms with Crippen LogP contribution in [0.5, 0.6) is 0 Å². The van der Waals surface area contributed by atoms with Gasteiger partial charge in [-0.25, -0.2) is 0 Å². The number of carbonyl (C=O) groups is 2. The van der Waals surface area contributed by atoms with Crippen LogP contribution in [-0.2, 0) is 20.9 Å². The molecule has 7 heteroatoms. The molecule has 1 aliphatic heterocycles. The van der Waals surface area contributed by atoms with E-state index in [1.165, 1.54) is 6.20 Å². The summed E-state index contributed by atoms with van der Waals surface area (Å²) >= 11 is 5.83. The highest BCUT2D eigenvalue weighted by Crippen LogP contribution is 2.19. The van der Waals surface area contributed by atoms with Crippen molar-refractivity contribution in [2.75, 3.05) is 19.7 Å². The first-order chi connectivity index (χ1) is 12.5. The van der Waals surface area contributed by atoms with E-state index < -0.39 is 5.91 Å². The minimum atomic E-state index is -0.444. The maximum atomic E-state index is 12.3. The number of amides is 1. The van der Waals surface area contributed by atoms with E-state index in [4.69, 9.17) is 16.3 Å². The number of ether oxygens (including phenoxy) is 1. The number of nitrogens with one attached hydrogen (secondary N) is 1. The van der Waals surface area contributed by atoms with Crippen molar-refractivity contribution in [1.29, 1.82) is 5.26 Å². The Kier molecular flexibility index (Phi) is 7.49. The van der Waals surface area contributed by atoms with Crippen molar-refractivity contribution in [2.24, 2.45) is 5.92 Å². The summed E-state index contributed by atoms with van der Waals surface area (Å²) in [6.45, 7) is 3.58. The molecule has 0 spiro atoms. The van der Waals surface area contributed by atoms with Crippen LogP contribution in [0.25, 0.3) is 0 Å². The Morgan fingerprint density at radius 3 is 2.81 bits per heavy atom. The standard InChI is InChI=1S/C19H22ClN3O3/c1-2-26-19(25)15-4-3-9-23(12-15)13-16(10-21)18(24)22-11-14-5-7-17(20)8-6-14/h5-8,13,15H,2-4,9,11-12H2,1H3,(H,22,24)/b16-13-. The molecule has 0 radical (unpaired) electrons. The third-order valence-electron chi connectivity index (χ3n) is 4.12. The fourth-order valence-electron chi connectivity index (χ4n) is 2.78. The monoisotopic (exact) mass is 375 g/mol. The number of benzene rings is 1. The van der Waals surface area contributed by atoms with Crippen LogP contribution in [0.2, 0.25) is 5.02 Å². The predicted molar refractivity (Wildman–Crippen MR) is 97.9 cm³/mol. The molecule has 0 saturated carbocycles. The largest absolute Gasteiger partial charge is 0.466 e. The van der Waals surface area contributed by atoms with Gasteiger partial charge in [-0.15, -0.1) is 0 Å². The third-order valence-corrected chi connectivity index (χ3v) is 4.37. The highest BCUT2D eigenvalue weighted by Gasteiger charge is 2.26. The molecule has 1 atom stereocenters. The van der Waals surface area contributed by atoms with Gasteiger partial charge < -0.3 is 15.0 Å². The summed E-state index contributed by atoms with van der Waals surface area (Å²) in [5.74, 6) is -0.894. The molecule has 1 unspecified atom stereocenters. The van der Waals surface area contributed by atoms with Crippen molar-refractivity contribution in [2.45, 2.75) is 26.3 Å². The number of esters is 1. The average Bonchev–Trinajstić information content (AvgIpc) is 2.66. The van der Waals surface area contributed by atoms with E-state index in [1.807, 2.05) is 23.1 Å². The van der Waals surface area contributed by atoms with Crippen molar-refractivity contribution in [3.05, 3.63) is 46.6 Å². The molecule has 1 N–H and O–H groups in total. The van der Waals surface area contributed by atoms with E-state index >= 15 is 0 Å². The van der Waals surface area contributed by atoms with Crippen LogP contribution >= 0.6 is 11.6 Å². The van der Waals surface area contributed by atoms with Gasteiger partial charge in [0.15, 0.2) is 0 Å². The van der Waals surface area contributed by atoms with Gasteiger partial charge in [0, 0.05) is 30.9 Å². The van der Waals surface area contributed by atoms with E-state index in [0.29, 0.717) is 31.3 Å². The van der Waals surface area contributed by atoms with Crippen LogP contribution in [0.1, 0.15) is 25.3 Å². The molecule has 1 aromatic rings. The zero-order valence-corrected chi connectivity index (χ0v) is 15.5. The van der Waals surface area contributed by atoms with E-state index in [1.54, 1.807) is 19.1 Å². The van der Waals surface area contributed by atoms with Crippen LogP contribution in [0.4, 0.5) is 0 Å². The predicted octanol–water partition coefficient (Wildman–Crippen LogP) is 2.64. The highest BCUT2D eigenvalue weighted by molar-refractivity contribution is 6.30. The number of rotatable bonds is 6. The lowest BCUT2D eigenvalue weighted by Gasteiger charge is -2.30. The fourth-order valence-corrected chi connectivity index (χ4v) is 2.90. The van der Waals surface area contributed by atoms with E-state index in [-0.39, 0.29) is 17.5 Å². The van der Waals surface area contributed by atoms with Crippen molar-refractivity contribution < 1.29 is 14.3 Å². The van der Waals surface area contributed by atoms with Crippen molar-refractivity contribution >= 4 is 23.5 Å². The van der Waals surface area contributed by atoms with Gasteiger partial charge in [-0.2, -0.15) is 5.26 Å². The maximum absolute atomic E-state index is 12.3. The molecule has 0 bridgehead atoms. The number of piperidine rings is 1. The topological polar surface area (TPSA) is 82.4 Å². The molecule has 1 saturated heterocycles. The molecular formula is C19H22ClN3O3. The molecule has 1 fully saturated rings. The van der Waals surface area contributed by atoms with Crippen LogP contribution in [0, 0.1) is 17.2 Å². The third kappa shape index (κ3) is 5.78. The summed E-state index contributed by atoms with van der Waals surface area (Å²) in [5, 5.41) is 12.7. The van der Waals surface area contributed by atoms with E-state index in [2.05, 4.69) is 5.32 Å². The molecule has 1 amide bonds. The minimum absolute atomic E-state index is 0.0171. The molecule has 6 nitrogen and oxygen atoms in total. The van der Waals surface area contributed by atoms with E-state index in [0.717, 1.165) is 18.4 Å². The van der Waals surface area contributed by atoms with Crippen molar-refractivity contribution in [3.63, 3.8) is 0 Å². The second-order valence-corrected chi connectivity index (χ2v) is 6.49. The summed E-state index contributed by atoms with van der Waals surface area (Å²) in [5.41, 5.74) is 0.906. The zero-order chi connectivity index (χ0) is 18.9. The second-order valence-electron chi connectivity index (χ2n) is 6.05. The number of hydrogen-bond donors (Lipinski definition) is 1. The lowest BCUT2D eigenvalue weighted by Crippen LogP contribution is -2.37. The van der Waals surface area contributed by atoms with Gasteiger partial charge in [0.25, 0.3) is 5.91 Å². The van der Waals surface area contributed by atoms with Gasteiger partial charge in [-0.3, -0.25) is 9.59 Å². The van der Waals surface area contributed by atoms with Crippen LogP contribution in [0.3, 0.4) is 0 Å². The SMILES string of the molecule is CCOC(=O)C1CCCN(/C=C(/C#N)C(=O)NCc2ccc(Cl)cc2)C1. The molecule has 1 aliphatic rings. The smallest absolute Gasteiger partial charge is 0.310 e. The summed E-state index contributed by atoms with van der Waals surface area (Å²) in [4.78, 5) is 26.0. The van der Waals surface area contributed by atoms with Crippen LogP contribution < -0.4 is 5.32 Å². The van der Waals surface area contributed by atoms with Gasteiger partial charge in [0.1, 0.15) is 11.6 Å². The Hall–Kier alpha value is -2.52. The summed E-state index contributed by atoms with van der Waals surface area (Å²) in [7, 11) is 0. The Bertz CT molecular complexity index is 710. The second kappa shape index (κ2) is 9.83. The van der Waals surface area contributed by atoms with Gasteiger partial charge in [-0.05, 0) is 37.5 Å². The molecule has 0 aliphatic carbocycles. The Labute approximate surface area is 158 Å². The fraction of sp³-hybridized carbons (Fsp3) is 0.421. The van der Waals surface area contributed by atoms with Gasteiger partial charge in [-0.1, -0.05) is 23.7 Å². The number of likely N-dealkylation sites (tertiary alicyclic amines) is 1. The maximum Gasteiger partial charge on any atom is 0.310 e. The average molecular weight is 376 g/mol. The number of carbonyl (C=O) groups excluding carboxylic acids is 2. The van der Waals surface area contributed by atoms with Gasteiger partial charge in [0.05, 0.1) is 12.5 Å². The van der Waals surface area contributed by atoms with Crippen LogP contribution in [-0.4, -0.2) is 36.5 Å². The molecule has 26 heavy (non-hydrogen) atoms. The first kappa shape index (κ1) is 19.8.